The Morgan fingerprint density at radius 3 is 2.74 bits per heavy atom. The van der Waals surface area contributed by atoms with Crippen molar-refractivity contribution >= 4 is 27.5 Å². The van der Waals surface area contributed by atoms with Crippen LogP contribution in [0.2, 0.25) is 0 Å². The molecule has 4 nitrogen and oxygen atoms in total. The Kier molecular flexibility index (Phi) is 3.29. The van der Waals surface area contributed by atoms with Crippen LogP contribution < -0.4 is 10.9 Å². The third-order valence-electron chi connectivity index (χ3n) is 7.78. The first kappa shape index (κ1) is 16.7. The fraction of sp³-hybridized carbons (Fsp3) is 0.455. The second-order valence-electron chi connectivity index (χ2n) is 9.02. The summed E-state index contributed by atoms with van der Waals surface area (Å²) in [7, 11) is 0. The van der Waals surface area contributed by atoms with Gasteiger partial charge < -0.3 is 10.3 Å². The number of H-pyrrole nitrogens is 1. The molecule has 27 heavy (non-hydrogen) atoms. The van der Waals surface area contributed by atoms with Crippen LogP contribution in [0.4, 0.5) is 10.2 Å². The highest BCUT2D eigenvalue weighted by atomic mass is 19.1. The lowest BCUT2D eigenvalue weighted by atomic mass is 9.69. The number of rotatable bonds is 2. The van der Waals surface area contributed by atoms with E-state index in [0.29, 0.717) is 33.7 Å². The van der Waals surface area contributed by atoms with Gasteiger partial charge in [-0.3, -0.25) is 4.79 Å². The van der Waals surface area contributed by atoms with Crippen LogP contribution in [0.25, 0.3) is 21.7 Å². The molecule has 140 valence electrons. The summed E-state index contributed by atoms with van der Waals surface area (Å²) in [6.07, 6.45) is 5.21. The molecule has 5 heteroatoms. The summed E-state index contributed by atoms with van der Waals surface area (Å²) >= 11 is 0. The predicted molar refractivity (Wildman–Crippen MR) is 106 cm³/mol. The van der Waals surface area contributed by atoms with Gasteiger partial charge in [0.1, 0.15) is 11.6 Å². The van der Waals surface area contributed by atoms with Gasteiger partial charge in [-0.2, -0.15) is 0 Å². The number of hydrogen-bond donors (Lipinski definition) is 2. The monoisotopic (exact) mass is 365 g/mol. The minimum absolute atomic E-state index is 0.203. The van der Waals surface area contributed by atoms with Crippen molar-refractivity contribution in [2.45, 2.75) is 46.1 Å². The molecule has 0 aliphatic heterocycles. The lowest BCUT2D eigenvalue weighted by Crippen LogP contribution is -2.40. The Morgan fingerprint density at radius 2 is 2.04 bits per heavy atom. The molecule has 2 aliphatic carbocycles. The number of pyridine rings is 2. The zero-order valence-corrected chi connectivity index (χ0v) is 15.9. The van der Waals surface area contributed by atoms with Crippen molar-refractivity contribution in [3.8, 4) is 0 Å². The molecule has 3 unspecified atom stereocenters. The summed E-state index contributed by atoms with van der Waals surface area (Å²) in [5.41, 5.74) is 0.845. The molecular formula is C22H24FN3O. The van der Waals surface area contributed by atoms with Gasteiger partial charge in [0.05, 0.1) is 10.9 Å². The second kappa shape index (κ2) is 5.31. The van der Waals surface area contributed by atoms with Crippen LogP contribution in [0.3, 0.4) is 0 Å². The summed E-state index contributed by atoms with van der Waals surface area (Å²) in [5.74, 6) is 1.11. The van der Waals surface area contributed by atoms with Gasteiger partial charge in [-0.25, -0.2) is 9.37 Å². The fourth-order valence-corrected chi connectivity index (χ4v) is 5.63. The van der Waals surface area contributed by atoms with Crippen LogP contribution in [0.15, 0.2) is 35.3 Å². The highest BCUT2D eigenvalue weighted by Crippen LogP contribution is 2.65. The van der Waals surface area contributed by atoms with Crippen LogP contribution in [-0.2, 0) is 0 Å². The van der Waals surface area contributed by atoms with E-state index in [9.17, 15) is 9.18 Å². The summed E-state index contributed by atoms with van der Waals surface area (Å²) in [6.45, 7) is 7.14. The maximum absolute atomic E-state index is 14.0. The maximum Gasteiger partial charge on any atom is 0.258 e. The van der Waals surface area contributed by atoms with Crippen LogP contribution >= 0.6 is 0 Å². The minimum atomic E-state index is -0.350. The van der Waals surface area contributed by atoms with Crippen LogP contribution in [0.1, 0.15) is 40.0 Å². The number of aromatic nitrogens is 2. The van der Waals surface area contributed by atoms with Gasteiger partial charge in [0.25, 0.3) is 5.56 Å². The molecule has 0 spiro atoms. The first-order chi connectivity index (χ1) is 12.8. The molecule has 2 aliphatic rings. The van der Waals surface area contributed by atoms with E-state index in [1.54, 1.807) is 18.3 Å². The van der Waals surface area contributed by atoms with E-state index in [4.69, 9.17) is 4.98 Å². The van der Waals surface area contributed by atoms with E-state index in [0.717, 1.165) is 17.6 Å². The molecular weight excluding hydrogens is 341 g/mol. The summed E-state index contributed by atoms with van der Waals surface area (Å²) < 4.78 is 14.0. The van der Waals surface area contributed by atoms with E-state index in [1.807, 2.05) is 0 Å². The van der Waals surface area contributed by atoms with Gasteiger partial charge in [-0.05, 0) is 60.3 Å². The summed E-state index contributed by atoms with van der Waals surface area (Å²) in [6, 6.07) is 6.70. The number of nitrogens with one attached hydrogen (secondary N) is 2. The Labute approximate surface area is 157 Å². The van der Waals surface area contributed by atoms with Crippen molar-refractivity contribution in [2.75, 3.05) is 5.32 Å². The van der Waals surface area contributed by atoms with Crippen molar-refractivity contribution in [1.29, 1.82) is 0 Å². The SMILES string of the molecule is CC1(C)C2CCC1(C)C(Nc1nc3cc[nH]c(=O)c3c3cc(F)ccc13)C2. The fourth-order valence-electron chi connectivity index (χ4n) is 5.63. The van der Waals surface area contributed by atoms with Crippen molar-refractivity contribution in [3.63, 3.8) is 0 Å². The zero-order valence-electron chi connectivity index (χ0n) is 15.9. The van der Waals surface area contributed by atoms with E-state index < -0.39 is 0 Å². The Bertz CT molecular complexity index is 1140. The number of fused-ring (bicyclic) bond motifs is 5. The lowest BCUT2D eigenvalue weighted by Gasteiger charge is -2.39. The average molecular weight is 365 g/mol. The van der Waals surface area contributed by atoms with Crippen LogP contribution in [-0.4, -0.2) is 16.0 Å². The topological polar surface area (TPSA) is 57.8 Å². The normalized spacial score (nSPS) is 28.9. The number of nitrogens with zero attached hydrogens (tertiary/aromatic N) is 1. The van der Waals surface area contributed by atoms with Crippen molar-refractivity contribution in [3.05, 3.63) is 46.6 Å². The quantitative estimate of drug-likeness (QED) is 0.639. The molecule has 0 saturated heterocycles. The minimum Gasteiger partial charge on any atom is -0.366 e. The number of benzene rings is 1. The largest absolute Gasteiger partial charge is 0.366 e. The van der Waals surface area contributed by atoms with Gasteiger partial charge in [0.2, 0.25) is 0 Å². The van der Waals surface area contributed by atoms with Gasteiger partial charge in [-0.15, -0.1) is 0 Å². The van der Waals surface area contributed by atoms with Gasteiger partial charge in [-0.1, -0.05) is 20.8 Å². The van der Waals surface area contributed by atoms with E-state index in [2.05, 4.69) is 31.1 Å². The number of anilines is 1. The molecule has 2 N–H and O–H groups in total. The maximum atomic E-state index is 14.0. The Morgan fingerprint density at radius 1 is 1.22 bits per heavy atom. The van der Waals surface area contributed by atoms with Gasteiger partial charge >= 0.3 is 0 Å². The zero-order chi connectivity index (χ0) is 19.0. The molecule has 5 rings (SSSR count). The molecule has 0 amide bonds. The Hall–Kier alpha value is -2.43. The number of halogens is 1. The average Bonchev–Trinajstić information content (AvgIpc) is 2.95. The van der Waals surface area contributed by atoms with Crippen molar-refractivity contribution < 1.29 is 4.39 Å². The molecule has 2 heterocycles. The molecule has 2 aromatic heterocycles. The van der Waals surface area contributed by atoms with Crippen LogP contribution in [0.5, 0.6) is 0 Å². The van der Waals surface area contributed by atoms with E-state index in [1.165, 1.54) is 25.0 Å². The number of hydrogen-bond acceptors (Lipinski definition) is 3. The van der Waals surface area contributed by atoms with Crippen LogP contribution in [0, 0.1) is 22.6 Å². The third kappa shape index (κ3) is 2.14. The molecule has 2 saturated carbocycles. The summed E-state index contributed by atoms with van der Waals surface area (Å²) in [5, 5.41) is 5.54. The molecule has 2 bridgehead atoms. The first-order valence-electron chi connectivity index (χ1n) is 9.68. The molecule has 3 aromatic rings. The molecule has 3 atom stereocenters. The third-order valence-corrected chi connectivity index (χ3v) is 7.78. The molecule has 1 aromatic carbocycles. The van der Waals surface area contributed by atoms with Gasteiger partial charge in [0, 0.05) is 23.0 Å². The first-order valence-corrected chi connectivity index (χ1v) is 9.68. The standard InChI is InChI=1S/C22H24FN3O/c1-21(2)12-6-8-22(21,3)17(10-12)26-19-14-5-4-13(23)11-15(14)18-16(25-19)7-9-24-20(18)27/h4-5,7,9,11-12,17H,6,8,10H2,1-3H3,(H,24,27)(H,25,26). The predicted octanol–water partition coefficient (Wildman–Crippen LogP) is 4.84. The molecule has 2 fully saturated rings. The highest BCUT2D eigenvalue weighted by Gasteiger charge is 2.61. The second-order valence-corrected chi connectivity index (χ2v) is 9.02. The van der Waals surface area contributed by atoms with Gasteiger partial charge in [0.15, 0.2) is 0 Å². The Balaban J connectivity index is 1.69. The number of aromatic amines is 1. The van der Waals surface area contributed by atoms with E-state index >= 15 is 0 Å². The summed E-state index contributed by atoms with van der Waals surface area (Å²) in [4.78, 5) is 19.8. The van der Waals surface area contributed by atoms with E-state index in [-0.39, 0.29) is 16.8 Å². The van der Waals surface area contributed by atoms with Crippen molar-refractivity contribution in [2.24, 2.45) is 16.7 Å². The highest BCUT2D eigenvalue weighted by molar-refractivity contribution is 6.09. The lowest BCUT2D eigenvalue weighted by molar-refractivity contribution is 0.142. The van der Waals surface area contributed by atoms with Crippen molar-refractivity contribution in [1.82, 2.24) is 9.97 Å². The molecule has 0 radical (unpaired) electrons. The smallest absolute Gasteiger partial charge is 0.258 e.